The van der Waals surface area contributed by atoms with E-state index in [1.165, 1.54) is 12.8 Å². The molecule has 0 spiro atoms. The van der Waals surface area contributed by atoms with Gasteiger partial charge < -0.3 is 10.5 Å². The first-order chi connectivity index (χ1) is 8.29. The summed E-state index contributed by atoms with van der Waals surface area (Å²) in [4.78, 5) is 4.09. The first-order valence-electron chi connectivity index (χ1n) is 5.98. The van der Waals surface area contributed by atoms with Crippen LogP contribution in [0.5, 0.6) is 5.88 Å². The zero-order chi connectivity index (χ0) is 12.1. The van der Waals surface area contributed by atoms with Gasteiger partial charge in [0.25, 0.3) is 0 Å². The second kappa shape index (κ2) is 5.15. The molecular formula is C13H17N3O. The lowest BCUT2D eigenvalue weighted by atomic mass is 9.87. The Balaban J connectivity index is 2.04. The number of aromatic nitrogens is 1. The topological polar surface area (TPSA) is 71.9 Å². The highest BCUT2D eigenvalue weighted by Gasteiger charge is 2.33. The molecule has 4 nitrogen and oxygen atoms in total. The van der Waals surface area contributed by atoms with E-state index in [0.29, 0.717) is 24.6 Å². The fourth-order valence-electron chi connectivity index (χ4n) is 2.34. The van der Waals surface area contributed by atoms with Crippen molar-refractivity contribution < 1.29 is 4.74 Å². The van der Waals surface area contributed by atoms with Gasteiger partial charge in [0.15, 0.2) is 0 Å². The van der Waals surface area contributed by atoms with Gasteiger partial charge in [-0.2, -0.15) is 5.26 Å². The van der Waals surface area contributed by atoms with E-state index in [-0.39, 0.29) is 5.41 Å². The van der Waals surface area contributed by atoms with Crippen LogP contribution in [0.2, 0.25) is 0 Å². The van der Waals surface area contributed by atoms with Crippen molar-refractivity contribution in [1.82, 2.24) is 4.98 Å². The lowest BCUT2D eigenvalue weighted by Gasteiger charge is -2.26. The van der Waals surface area contributed by atoms with Crippen molar-refractivity contribution in [1.29, 1.82) is 5.26 Å². The molecule has 0 radical (unpaired) electrons. The van der Waals surface area contributed by atoms with Crippen molar-refractivity contribution in [2.45, 2.75) is 25.7 Å². The normalized spacial score (nSPS) is 17.6. The molecule has 1 heterocycles. The predicted octanol–water partition coefficient (Wildman–Crippen LogP) is 1.85. The van der Waals surface area contributed by atoms with Gasteiger partial charge in [-0.1, -0.05) is 12.8 Å². The molecule has 1 fully saturated rings. The van der Waals surface area contributed by atoms with Crippen LogP contribution in [0.3, 0.4) is 0 Å². The molecule has 4 heteroatoms. The molecule has 17 heavy (non-hydrogen) atoms. The van der Waals surface area contributed by atoms with Gasteiger partial charge in [-0.05, 0) is 25.0 Å². The molecule has 0 aromatic carbocycles. The summed E-state index contributed by atoms with van der Waals surface area (Å²) in [6.45, 7) is 1.21. The summed E-state index contributed by atoms with van der Waals surface area (Å²) in [5, 5.41) is 8.94. The molecule has 1 aromatic heterocycles. The van der Waals surface area contributed by atoms with Gasteiger partial charge in [0.05, 0.1) is 6.61 Å². The van der Waals surface area contributed by atoms with Gasteiger partial charge in [0.1, 0.15) is 11.6 Å². The zero-order valence-electron chi connectivity index (χ0n) is 9.85. The maximum Gasteiger partial charge on any atom is 0.231 e. The van der Waals surface area contributed by atoms with Gasteiger partial charge in [-0.25, -0.2) is 4.98 Å². The Morgan fingerprint density at radius 3 is 2.88 bits per heavy atom. The average molecular weight is 231 g/mol. The summed E-state index contributed by atoms with van der Waals surface area (Å²) in [7, 11) is 0. The van der Waals surface area contributed by atoms with E-state index in [9.17, 15) is 0 Å². The second-order valence-corrected chi connectivity index (χ2v) is 4.67. The molecule has 0 bridgehead atoms. The van der Waals surface area contributed by atoms with E-state index in [1.54, 1.807) is 18.3 Å². The van der Waals surface area contributed by atoms with Crippen LogP contribution in [0.1, 0.15) is 31.2 Å². The highest BCUT2D eigenvalue weighted by atomic mass is 16.5. The lowest BCUT2D eigenvalue weighted by molar-refractivity contribution is 0.152. The van der Waals surface area contributed by atoms with Crippen LogP contribution in [0.15, 0.2) is 18.3 Å². The third-order valence-electron chi connectivity index (χ3n) is 3.50. The van der Waals surface area contributed by atoms with Crippen LogP contribution in [0.4, 0.5) is 0 Å². The van der Waals surface area contributed by atoms with Gasteiger partial charge >= 0.3 is 0 Å². The third kappa shape index (κ3) is 2.56. The van der Waals surface area contributed by atoms with Crippen LogP contribution < -0.4 is 10.5 Å². The fraction of sp³-hybridized carbons (Fsp3) is 0.538. The fourth-order valence-corrected chi connectivity index (χ4v) is 2.34. The maximum absolute atomic E-state index is 8.94. The number of nitrogens with zero attached hydrogens (tertiary/aromatic N) is 2. The number of rotatable bonds is 4. The quantitative estimate of drug-likeness (QED) is 0.858. The number of hydrogen-bond acceptors (Lipinski definition) is 4. The lowest BCUT2D eigenvalue weighted by Crippen LogP contribution is -2.33. The first kappa shape index (κ1) is 11.9. The number of hydrogen-bond donors (Lipinski definition) is 1. The third-order valence-corrected chi connectivity index (χ3v) is 3.50. The predicted molar refractivity (Wildman–Crippen MR) is 64.4 cm³/mol. The van der Waals surface area contributed by atoms with Crippen LogP contribution in [-0.4, -0.2) is 18.1 Å². The summed E-state index contributed by atoms with van der Waals surface area (Å²) in [5.41, 5.74) is 6.41. The summed E-state index contributed by atoms with van der Waals surface area (Å²) in [6, 6.07) is 5.53. The highest BCUT2D eigenvalue weighted by molar-refractivity contribution is 5.37. The molecule has 0 atom stereocenters. The van der Waals surface area contributed by atoms with Crippen molar-refractivity contribution in [2.75, 3.05) is 13.2 Å². The van der Waals surface area contributed by atoms with E-state index in [4.69, 9.17) is 15.7 Å². The average Bonchev–Trinajstić information content (AvgIpc) is 2.86. The smallest absolute Gasteiger partial charge is 0.231 e. The molecule has 90 valence electrons. The number of pyridine rings is 1. The molecule has 2 N–H and O–H groups in total. The molecule has 1 saturated carbocycles. The molecule has 0 amide bonds. The minimum atomic E-state index is 0.0875. The van der Waals surface area contributed by atoms with Crippen molar-refractivity contribution in [3.8, 4) is 11.9 Å². The SMILES string of the molecule is N#Cc1cccnc1OCC1(CN)CCCC1. The van der Waals surface area contributed by atoms with E-state index in [1.807, 2.05) is 0 Å². The Kier molecular flexibility index (Phi) is 3.60. The monoisotopic (exact) mass is 231 g/mol. The standard InChI is InChI=1S/C13H17N3O/c14-8-11-4-3-7-16-12(11)17-10-13(9-15)5-1-2-6-13/h3-4,7H,1-2,5-6,9-10,15H2. The molecule has 2 rings (SSSR count). The Bertz CT molecular complexity index is 419. The van der Waals surface area contributed by atoms with E-state index >= 15 is 0 Å². The minimum Gasteiger partial charge on any atom is -0.476 e. The first-order valence-corrected chi connectivity index (χ1v) is 5.98. The highest BCUT2D eigenvalue weighted by Crippen LogP contribution is 2.37. The van der Waals surface area contributed by atoms with Crippen LogP contribution in [0.25, 0.3) is 0 Å². The summed E-state index contributed by atoms with van der Waals surface area (Å²) >= 11 is 0. The molecule has 1 aliphatic rings. The Labute approximate surface area is 101 Å². The Morgan fingerprint density at radius 2 is 2.24 bits per heavy atom. The van der Waals surface area contributed by atoms with Crippen LogP contribution >= 0.6 is 0 Å². The Hall–Kier alpha value is -1.60. The maximum atomic E-state index is 8.94. The number of nitrogens with two attached hydrogens (primary N) is 1. The Morgan fingerprint density at radius 1 is 1.47 bits per heavy atom. The molecule has 0 unspecified atom stereocenters. The number of nitriles is 1. The molecule has 0 aliphatic heterocycles. The summed E-state index contributed by atoms with van der Waals surface area (Å²) < 4.78 is 5.69. The minimum absolute atomic E-state index is 0.0875. The van der Waals surface area contributed by atoms with Crippen LogP contribution in [0, 0.1) is 16.7 Å². The van der Waals surface area contributed by atoms with Crippen LogP contribution in [-0.2, 0) is 0 Å². The van der Waals surface area contributed by atoms with Crippen molar-refractivity contribution in [2.24, 2.45) is 11.1 Å². The zero-order valence-corrected chi connectivity index (χ0v) is 9.85. The second-order valence-electron chi connectivity index (χ2n) is 4.67. The molecular weight excluding hydrogens is 214 g/mol. The van der Waals surface area contributed by atoms with Crippen molar-refractivity contribution in [3.63, 3.8) is 0 Å². The molecule has 1 aliphatic carbocycles. The van der Waals surface area contributed by atoms with Gasteiger partial charge in [0, 0.05) is 18.2 Å². The van der Waals surface area contributed by atoms with Crippen molar-refractivity contribution in [3.05, 3.63) is 23.9 Å². The van der Waals surface area contributed by atoms with E-state index < -0.39 is 0 Å². The van der Waals surface area contributed by atoms with E-state index in [0.717, 1.165) is 12.8 Å². The van der Waals surface area contributed by atoms with E-state index in [2.05, 4.69) is 11.1 Å². The number of ether oxygens (including phenoxy) is 1. The van der Waals surface area contributed by atoms with Gasteiger partial charge in [0.2, 0.25) is 5.88 Å². The largest absolute Gasteiger partial charge is 0.476 e. The van der Waals surface area contributed by atoms with Crippen molar-refractivity contribution >= 4 is 0 Å². The molecule has 1 aromatic rings. The van der Waals surface area contributed by atoms with Gasteiger partial charge in [-0.3, -0.25) is 0 Å². The summed E-state index contributed by atoms with van der Waals surface area (Å²) in [5.74, 6) is 0.426. The molecule has 0 saturated heterocycles. The van der Waals surface area contributed by atoms with Gasteiger partial charge in [-0.15, -0.1) is 0 Å². The summed E-state index contributed by atoms with van der Waals surface area (Å²) in [6.07, 6.45) is 6.29.